The zero-order valence-corrected chi connectivity index (χ0v) is 14.5. The zero-order valence-electron chi connectivity index (χ0n) is 13.6. The Labute approximate surface area is 138 Å². The second-order valence-corrected chi connectivity index (χ2v) is 8.58. The lowest BCUT2D eigenvalue weighted by Crippen LogP contribution is -2.20. The van der Waals surface area contributed by atoms with Crippen molar-refractivity contribution in [3.8, 4) is 0 Å². The molecule has 0 saturated heterocycles. The van der Waals surface area contributed by atoms with Crippen molar-refractivity contribution in [3.05, 3.63) is 58.9 Å². The van der Waals surface area contributed by atoms with Gasteiger partial charge in [-0.1, -0.05) is 6.07 Å². The normalized spacial score (nSPS) is 18.0. The predicted octanol–water partition coefficient (Wildman–Crippen LogP) is 3.30. The topological polar surface area (TPSA) is 20.3 Å². The Kier molecular flexibility index (Phi) is 4.30. The first-order chi connectivity index (χ1) is 10.9. The fraction of sp³-hybridized carbons (Fsp3) is 0.316. The average Bonchev–Trinajstić information content (AvgIpc) is 2.69. The van der Waals surface area contributed by atoms with E-state index in [9.17, 15) is 8.60 Å². The van der Waals surface area contributed by atoms with Gasteiger partial charge in [-0.15, -0.1) is 0 Å². The van der Waals surface area contributed by atoms with E-state index in [1.807, 2.05) is 6.92 Å². The maximum atomic E-state index is 13.3. The fourth-order valence-corrected chi connectivity index (χ4v) is 4.87. The highest BCUT2D eigenvalue weighted by molar-refractivity contribution is 8.00. The summed E-state index contributed by atoms with van der Waals surface area (Å²) in [6, 6.07) is 10.0. The molecule has 3 rings (SSSR count). The Morgan fingerprint density at radius 2 is 1.65 bits per heavy atom. The molecule has 1 aliphatic rings. The van der Waals surface area contributed by atoms with Crippen molar-refractivity contribution in [2.24, 2.45) is 0 Å². The minimum Gasteiger partial charge on any atom is -0.306 e. The first kappa shape index (κ1) is 16.2. The van der Waals surface area contributed by atoms with Crippen molar-refractivity contribution in [2.75, 3.05) is 20.1 Å². The summed E-state index contributed by atoms with van der Waals surface area (Å²) in [5, 5.41) is 0. The van der Waals surface area contributed by atoms with E-state index >= 15 is 0 Å². The van der Waals surface area contributed by atoms with E-state index in [0.717, 1.165) is 36.4 Å². The van der Waals surface area contributed by atoms with Gasteiger partial charge >= 0.3 is 0 Å². The highest BCUT2D eigenvalue weighted by atomic mass is 32.2. The smallest absolute Gasteiger partial charge is 0.123 e. The molecule has 0 aliphatic carbocycles. The minimum atomic E-state index is -2.63. The molecule has 1 aliphatic heterocycles. The monoisotopic (exact) mass is 331 g/mol. The summed E-state index contributed by atoms with van der Waals surface area (Å²) >= 11 is 0. The third kappa shape index (κ3) is 3.19. The van der Waals surface area contributed by atoms with Crippen LogP contribution in [0.3, 0.4) is 0 Å². The molecular weight excluding hydrogens is 309 g/mol. The number of rotatable bonds is 2. The molecule has 2 nitrogen and oxygen atoms in total. The molecule has 1 heterocycles. The van der Waals surface area contributed by atoms with Crippen molar-refractivity contribution in [1.82, 2.24) is 4.90 Å². The van der Waals surface area contributed by atoms with E-state index in [1.165, 1.54) is 23.3 Å². The van der Waals surface area contributed by atoms with Gasteiger partial charge in [0.15, 0.2) is 0 Å². The first-order valence-corrected chi connectivity index (χ1v) is 9.54. The Balaban J connectivity index is 2.08. The molecule has 1 atom stereocenters. The van der Waals surface area contributed by atoms with Gasteiger partial charge < -0.3 is 4.90 Å². The molecule has 0 fully saturated rings. The van der Waals surface area contributed by atoms with Crippen LogP contribution in [0, 0.1) is 12.7 Å². The highest BCUT2D eigenvalue weighted by Crippen LogP contribution is 2.28. The molecule has 122 valence electrons. The van der Waals surface area contributed by atoms with Crippen LogP contribution >= 0.6 is 0 Å². The lowest BCUT2D eigenvalue weighted by atomic mass is 10.0. The molecule has 0 aromatic heterocycles. The molecule has 0 bridgehead atoms. The molecule has 4 heteroatoms. The summed E-state index contributed by atoms with van der Waals surface area (Å²) in [7, 11) is -0.498. The van der Waals surface area contributed by atoms with Gasteiger partial charge in [-0.2, -0.15) is 0 Å². The Hall–Kier alpha value is -1.65. The summed E-state index contributed by atoms with van der Waals surface area (Å²) in [6.45, 7) is 4.03. The van der Waals surface area contributed by atoms with E-state index in [4.69, 9.17) is 0 Å². The SMILES string of the molecule is C=S(=O)(c1ccc(F)cc1)c1cc2c(cc1C)CCN(C)CC2. The highest BCUT2D eigenvalue weighted by Gasteiger charge is 2.18. The van der Waals surface area contributed by atoms with Gasteiger partial charge in [0.05, 0.1) is 0 Å². The lowest BCUT2D eigenvalue weighted by molar-refractivity contribution is 0.352. The number of hydrogen-bond donors (Lipinski definition) is 0. The molecule has 1 unspecified atom stereocenters. The van der Waals surface area contributed by atoms with Gasteiger partial charge in [0.1, 0.15) is 5.82 Å². The molecular formula is C19H22FNOS. The zero-order chi connectivity index (χ0) is 16.6. The van der Waals surface area contributed by atoms with Crippen LogP contribution in [0.5, 0.6) is 0 Å². The van der Waals surface area contributed by atoms with Gasteiger partial charge in [-0.05, 0) is 79.7 Å². The number of hydrogen-bond acceptors (Lipinski definition) is 2. The molecule has 0 radical (unpaired) electrons. The summed E-state index contributed by atoms with van der Waals surface area (Å²) in [5.74, 6) is 3.66. The fourth-order valence-electron chi connectivity index (χ4n) is 3.13. The third-order valence-electron chi connectivity index (χ3n) is 4.57. The second kappa shape index (κ2) is 6.10. The number of likely N-dealkylation sites (N-methyl/N-ethyl adjacent to an activating group) is 1. The Bertz CT molecular complexity index is 825. The summed E-state index contributed by atoms with van der Waals surface area (Å²) in [4.78, 5) is 3.66. The van der Waals surface area contributed by atoms with Crippen molar-refractivity contribution in [1.29, 1.82) is 0 Å². The van der Waals surface area contributed by atoms with Crippen LogP contribution in [0.2, 0.25) is 0 Å². The van der Waals surface area contributed by atoms with Crippen LogP contribution in [-0.4, -0.2) is 35.1 Å². The molecule has 2 aromatic carbocycles. The van der Waals surface area contributed by atoms with Gasteiger partial charge in [0.25, 0.3) is 0 Å². The number of benzene rings is 2. The summed E-state index contributed by atoms with van der Waals surface area (Å²) in [6.07, 6.45) is 1.97. The average molecular weight is 331 g/mol. The Morgan fingerprint density at radius 3 is 2.26 bits per heavy atom. The Morgan fingerprint density at radius 1 is 1.09 bits per heavy atom. The van der Waals surface area contributed by atoms with Gasteiger partial charge in [-0.3, -0.25) is 4.21 Å². The van der Waals surface area contributed by atoms with E-state index < -0.39 is 9.52 Å². The van der Waals surface area contributed by atoms with E-state index in [2.05, 4.69) is 30.0 Å². The third-order valence-corrected chi connectivity index (χ3v) is 6.76. The van der Waals surface area contributed by atoms with Gasteiger partial charge in [-0.25, -0.2) is 4.39 Å². The van der Waals surface area contributed by atoms with Crippen molar-refractivity contribution in [2.45, 2.75) is 29.6 Å². The van der Waals surface area contributed by atoms with Crippen LogP contribution in [0.15, 0.2) is 46.2 Å². The van der Waals surface area contributed by atoms with Crippen LogP contribution < -0.4 is 0 Å². The molecule has 0 amide bonds. The number of aryl methyl sites for hydroxylation is 1. The number of halogens is 1. The molecule has 23 heavy (non-hydrogen) atoms. The van der Waals surface area contributed by atoms with Crippen LogP contribution in [0.25, 0.3) is 0 Å². The van der Waals surface area contributed by atoms with Crippen molar-refractivity contribution < 1.29 is 8.60 Å². The van der Waals surface area contributed by atoms with Crippen LogP contribution in [-0.2, 0) is 22.4 Å². The largest absolute Gasteiger partial charge is 0.306 e. The maximum Gasteiger partial charge on any atom is 0.123 e. The minimum absolute atomic E-state index is 0.328. The molecule has 2 aromatic rings. The van der Waals surface area contributed by atoms with Crippen molar-refractivity contribution >= 4 is 15.4 Å². The number of nitrogens with zero attached hydrogens (tertiary/aromatic N) is 1. The molecule has 0 N–H and O–H groups in total. The maximum absolute atomic E-state index is 13.3. The van der Waals surface area contributed by atoms with Gasteiger partial charge in [0.2, 0.25) is 0 Å². The van der Waals surface area contributed by atoms with Crippen LogP contribution in [0.1, 0.15) is 16.7 Å². The van der Waals surface area contributed by atoms with Gasteiger partial charge in [0, 0.05) is 32.4 Å². The standard InChI is InChI=1S/C19H22FNOS/c1-14-12-15-8-10-21(2)11-9-16(15)13-19(14)23(3,22)18-6-4-17(20)5-7-18/h4-7,12-13H,3,8-11H2,1-2H3. The molecule has 0 saturated carbocycles. The second-order valence-electron chi connectivity index (χ2n) is 6.32. The van der Waals surface area contributed by atoms with Crippen LogP contribution in [0.4, 0.5) is 4.39 Å². The molecule has 0 spiro atoms. The lowest BCUT2D eigenvalue weighted by Gasteiger charge is -2.16. The van der Waals surface area contributed by atoms with E-state index in [-0.39, 0.29) is 5.82 Å². The predicted molar refractivity (Wildman–Crippen MR) is 94.3 cm³/mol. The quantitative estimate of drug-likeness (QED) is 0.787. The van der Waals surface area contributed by atoms with E-state index in [1.54, 1.807) is 12.1 Å². The summed E-state index contributed by atoms with van der Waals surface area (Å²) in [5.41, 5.74) is 3.59. The summed E-state index contributed by atoms with van der Waals surface area (Å²) < 4.78 is 26.5. The first-order valence-electron chi connectivity index (χ1n) is 7.82. The number of fused-ring (bicyclic) bond motifs is 1. The van der Waals surface area contributed by atoms with Crippen molar-refractivity contribution in [3.63, 3.8) is 0 Å². The van der Waals surface area contributed by atoms with E-state index in [0.29, 0.717) is 4.90 Å².